The van der Waals surface area contributed by atoms with Crippen LogP contribution in [0.15, 0.2) is 17.1 Å². The van der Waals surface area contributed by atoms with Crippen molar-refractivity contribution in [2.45, 2.75) is 63.4 Å². The summed E-state index contributed by atoms with van der Waals surface area (Å²) in [5, 5.41) is 9.64. The Balaban J connectivity index is 1.41. The van der Waals surface area contributed by atoms with Crippen LogP contribution in [0.1, 0.15) is 33.6 Å². The van der Waals surface area contributed by atoms with Gasteiger partial charge in [0.1, 0.15) is 12.2 Å². The number of hydrogen-bond acceptors (Lipinski definition) is 5. The molecule has 0 radical (unpaired) electrons. The van der Waals surface area contributed by atoms with Crippen molar-refractivity contribution in [2.24, 2.45) is 4.99 Å². The van der Waals surface area contributed by atoms with E-state index in [1.54, 1.807) is 22.0 Å². The van der Waals surface area contributed by atoms with E-state index in [9.17, 15) is 19.5 Å². The second-order valence-electron chi connectivity index (χ2n) is 9.29. The van der Waals surface area contributed by atoms with Crippen molar-refractivity contribution in [3.05, 3.63) is 12.2 Å². The zero-order valence-corrected chi connectivity index (χ0v) is 17.2. The Morgan fingerprint density at radius 1 is 1.24 bits per heavy atom. The summed E-state index contributed by atoms with van der Waals surface area (Å²) in [7, 11) is 0. The maximum Gasteiger partial charge on any atom is 0.407 e. The molecule has 0 aromatic carbocycles. The van der Waals surface area contributed by atoms with E-state index in [0.717, 1.165) is 25.9 Å². The van der Waals surface area contributed by atoms with Gasteiger partial charge in [-0.2, -0.15) is 0 Å². The van der Waals surface area contributed by atoms with E-state index >= 15 is 0 Å². The Kier molecular flexibility index (Phi) is 4.88. The lowest BCUT2D eigenvalue weighted by atomic mass is 9.96. The van der Waals surface area contributed by atoms with Crippen molar-refractivity contribution in [3.8, 4) is 0 Å². The van der Waals surface area contributed by atoms with E-state index < -0.39 is 11.6 Å². The SMILES string of the molecule is CC(C)(C)N(C(=O)O)C1CCN(CC2CN3C(=O)C=NC4C=CC(=O)N2C43)CC1. The Morgan fingerprint density at radius 3 is 2.55 bits per heavy atom. The number of rotatable bonds is 3. The van der Waals surface area contributed by atoms with Crippen molar-refractivity contribution < 1.29 is 19.5 Å². The maximum absolute atomic E-state index is 12.6. The van der Waals surface area contributed by atoms with Crippen LogP contribution in [0.5, 0.6) is 0 Å². The highest BCUT2D eigenvalue weighted by Gasteiger charge is 2.50. The van der Waals surface area contributed by atoms with Crippen LogP contribution in [-0.2, 0) is 9.59 Å². The number of piperidine rings is 1. The fraction of sp³-hybridized carbons (Fsp3) is 0.700. The summed E-state index contributed by atoms with van der Waals surface area (Å²) in [6.45, 7) is 8.52. The summed E-state index contributed by atoms with van der Waals surface area (Å²) in [4.78, 5) is 48.3. The largest absolute Gasteiger partial charge is 0.465 e. The lowest BCUT2D eigenvalue weighted by Gasteiger charge is -2.44. The Hall–Kier alpha value is -2.42. The molecule has 9 nitrogen and oxygen atoms in total. The molecule has 0 bridgehead atoms. The molecule has 0 spiro atoms. The van der Waals surface area contributed by atoms with E-state index in [0.29, 0.717) is 13.1 Å². The van der Waals surface area contributed by atoms with E-state index in [2.05, 4.69) is 9.89 Å². The van der Waals surface area contributed by atoms with Crippen LogP contribution in [0.3, 0.4) is 0 Å². The Labute approximate surface area is 170 Å². The summed E-state index contributed by atoms with van der Waals surface area (Å²) in [5.41, 5.74) is -0.435. The summed E-state index contributed by atoms with van der Waals surface area (Å²) in [6, 6.07) is -0.255. The van der Waals surface area contributed by atoms with Crippen LogP contribution < -0.4 is 0 Å². The third-order valence-electron chi connectivity index (χ3n) is 6.36. The molecule has 4 rings (SSSR count). The van der Waals surface area contributed by atoms with Crippen LogP contribution in [0.4, 0.5) is 4.79 Å². The quantitative estimate of drug-likeness (QED) is 0.745. The van der Waals surface area contributed by atoms with E-state index in [-0.39, 0.29) is 36.1 Å². The van der Waals surface area contributed by atoms with Gasteiger partial charge in [-0.1, -0.05) is 6.08 Å². The predicted molar refractivity (Wildman–Crippen MR) is 107 cm³/mol. The van der Waals surface area contributed by atoms with Crippen molar-refractivity contribution in [2.75, 3.05) is 26.2 Å². The monoisotopic (exact) mass is 403 g/mol. The van der Waals surface area contributed by atoms with Crippen LogP contribution in [0.2, 0.25) is 0 Å². The Morgan fingerprint density at radius 2 is 1.93 bits per heavy atom. The number of carboxylic acid groups (broad SMARTS) is 1. The number of nitrogens with zero attached hydrogens (tertiary/aromatic N) is 5. The molecule has 3 unspecified atom stereocenters. The van der Waals surface area contributed by atoms with Gasteiger partial charge in [0.25, 0.3) is 5.91 Å². The van der Waals surface area contributed by atoms with Gasteiger partial charge in [0.2, 0.25) is 5.91 Å². The van der Waals surface area contributed by atoms with Gasteiger partial charge in [-0.15, -0.1) is 0 Å². The minimum absolute atomic E-state index is 0.00225. The molecule has 0 aliphatic carbocycles. The van der Waals surface area contributed by atoms with Gasteiger partial charge >= 0.3 is 6.09 Å². The summed E-state index contributed by atoms with van der Waals surface area (Å²) in [5.74, 6) is -0.203. The molecule has 0 saturated carbocycles. The first-order valence-corrected chi connectivity index (χ1v) is 10.3. The fourth-order valence-electron chi connectivity index (χ4n) is 5.18. The van der Waals surface area contributed by atoms with E-state index in [4.69, 9.17) is 0 Å². The van der Waals surface area contributed by atoms with Crippen LogP contribution in [0.25, 0.3) is 0 Å². The summed E-state index contributed by atoms with van der Waals surface area (Å²) in [6.07, 6.45) is 5.05. The maximum atomic E-state index is 12.6. The van der Waals surface area contributed by atoms with Crippen LogP contribution in [0, 0.1) is 0 Å². The zero-order valence-electron chi connectivity index (χ0n) is 17.2. The average Bonchev–Trinajstić information content (AvgIpc) is 3.02. The molecule has 2 fully saturated rings. The van der Waals surface area contributed by atoms with Crippen molar-refractivity contribution in [3.63, 3.8) is 0 Å². The minimum Gasteiger partial charge on any atom is -0.465 e. The second kappa shape index (κ2) is 7.12. The van der Waals surface area contributed by atoms with Crippen molar-refractivity contribution in [1.29, 1.82) is 0 Å². The van der Waals surface area contributed by atoms with Crippen LogP contribution in [-0.4, -0.2) is 105 Å². The van der Waals surface area contributed by atoms with Crippen molar-refractivity contribution in [1.82, 2.24) is 19.6 Å². The normalized spacial score (nSPS) is 30.1. The number of carbonyl (C=O) groups excluding carboxylic acids is 2. The lowest BCUT2D eigenvalue weighted by molar-refractivity contribution is -0.135. The topological polar surface area (TPSA) is 96.8 Å². The average molecular weight is 403 g/mol. The molecular weight excluding hydrogens is 374 g/mol. The third kappa shape index (κ3) is 3.52. The molecule has 1 N–H and O–H groups in total. The molecule has 0 aromatic rings. The minimum atomic E-state index is -0.876. The van der Waals surface area contributed by atoms with E-state index in [1.165, 1.54) is 6.21 Å². The molecule has 4 aliphatic heterocycles. The number of amides is 3. The summed E-state index contributed by atoms with van der Waals surface area (Å²) < 4.78 is 0. The standard InChI is InChI=1S/C20H29N5O4/c1-20(2,3)25(19(28)29)13-6-8-22(9-7-13)11-14-12-23-17(27)10-21-15-4-5-16(26)24(14)18(15)23/h4-5,10,13-15,18H,6-9,11-12H2,1-3H3,(H,28,29). The number of aliphatic imine (C=N–C) groups is 1. The molecule has 29 heavy (non-hydrogen) atoms. The first-order chi connectivity index (χ1) is 13.7. The molecule has 3 amide bonds. The third-order valence-corrected chi connectivity index (χ3v) is 6.36. The first kappa shape index (κ1) is 19.9. The second-order valence-corrected chi connectivity index (χ2v) is 9.29. The molecular formula is C20H29N5O4. The molecule has 158 valence electrons. The zero-order chi connectivity index (χ0) is 20.9. The summed E-state index contributed by atoms with van der Waals surface area (Å²) >= 11 is 0. The van der Waals surface area contributed by atoms with Gasteiger partial charge in [-0.3, -0.25) is 14.6 Å². The number of likely N-dealkylation sites (tertiary alicyclic amines) is 1. The number of hydrogen-bond donors (Lipinski definition) is 1. The molecule has 2 saturated heterocycles. The van der Waals surface area contributed by atoms with Gasteiger partial charge in [-0.05, 0) is 33.6 Å². The predicted octanol–water partition coefficient (Wildman–Crippen LogP) is 0.618. The lowest BCUT2D eigenvalue weighted by Crippen LogP contribution is -2.57. The fourth-order valence-corrected chi connectivity index (χ4v) is 5.18. The highest BCUT2D eigenvalue weighted by atomic mass is 16.4. The van der Waals surface area contributed by atoms with E-state index in [1.807, 2.05) is 25.7 Å². The Bertz CT molecular complexity index is 765. The molecule has 0 aromatic heterocycles. The molecule has 3 atom stereocenters. The van der Waals surface area contributed by atoms with Gasteiger partial charge in [0, 0.05) is 43.8 Å². The first-order valence-electron chi connectivity index (χ1n) is 10.3. The van der Waals surface area contributed by atoms with Gasteiger partial charge in [0.05, 0.1) is 12.3 Å². The molecule has 4 heterocycles. The van der Waals surface area contributed by atoms with Gasteiger partial charge in [-0.25, -0.2) is 4.79 Å². The molecule has 9 heteroatoms. The van der Waals surface area contributed by atoms with Crippen LogP contribution >= 0.6 is 0 Å². The van der Waals surface area contributed by atoms with Gasteiger partial charge < -0.3 is 24.7 Å². The van der Waals surface area contributed by atoms with Gasteiger partial charge in [0.15, 0.2) is 0 Å². The highest BCUT2D eigenvalue weighted by molar-refractivity contribution is 6.27. The van der Waals surface area contributed by atoms with Crippen molar-refractivity contribution >= 4 is 24.1 Å². The number of carbonyl (C=O) groups is 3. The smallest absolute Gasteiger partial charge is 0.407 e. The molecule has 4 aliphatic rings. The highest BCUT2D eigenvalue weighted by Crippen LogP contribution is 2.32.